The van der Waals surface area contributed by atoms with E-state index in [-0.39, 0.29) is 24.1 Å². The van der Waals surface area contributed by atoms with Crippen LogP contribution in [0.4, 0.5) is 0 Å². The van der Waals surface area contributed by atoms with E-state index in [2.05, 4.69) is 19.1 Å². The van der Waals surface area contributed by atoms with Crippen LogP contribution in [0.15, 0.2) is 12.2 Å². The lowest BCUT2D eigenvalue weighted by molar-refractivity contribution is -0.935. The minimum Gasteiger partial charge on any atom is -0.550 e. The number of carbonyl (C=O) groups excluding carboxylic acids is 1. The third-order valence-corrected chi connectivity index (χ3v) is 6.21. The van der Waals surface area contributed by atoms with Gasteiger partial charge in [0.2, 0.25) is 0 Å². The van der Waals surface area contributed by atoms with Crippen molar-refractivity contribution in [1.82, 2.24) is 0 Å². The second-order valence-corrected chi connectivity index (χ2v) is 8.68. The fraction of sp³-hybridized carbons (Fsp3) is 0.792. The van der Waals surface area contributed by atoms with Crippen LogP contribution in [0.1, 0.15) is 79.1 Å². The van der Waals surface area contributed by atoms with E-state index >= 15 is 0 Å². The highest BCUT2D eigenvalue weighted by molar-refractivity contribution is 5.70. The van der Waals surface area contributed by atoms with Gasteiger partial charge in [0.25, 0.3) is 0 Å². The van der Waals surface area contributed by atoms with Crippen LogP contribution >= 0.6 is 0 Å². The molecule has 180 valence electrons. The Morgan fingerprint density at radius 2 is 1.23 bits per heavy atom. The molecule has 3 atom stereocenters. The summed E-state index contributed by atoms with van der Waals surface area (Å²) < 4.78 is 0.195. The van der Waals surface area contributed by atoms with Crippen LogP contribution in [0.5, 0.6) is 0 Å². The van der Waals surface area contributed by atoms with Crippen molar-refractivity contribution in [3.05, 3.63) is 12.2 Å². The van der Waals surface area contributed by atoms with Crippen molar-refractivity contribution in [3.63, 3.8) is 0 Å². The molecule has 0 heterocycles. The Balaban J connectivity index is 5.80. The summed E-state index contributed by atoms with van der Waals surface area (Å²) in [5.41, 5.74) is 0. The monoisotopic (exact) mass is 441 g/mol. The van der Waals surface area contributed by atoms with Gasteiger partial charge in [-0.05, 0) is 44.9 Å². The molecule has 2 N–H and O–H groups in total. The summed E-state index contributed by atoms with van der Waals surface area (Å²) in [6.07, 6.45) is 10.2. The Labute approximate surface area is 187 Å². The van der Waals surface area contributed by atoms with E-state index in [0.717, 1.165) is 32.1 Å². The topological polar surface area (TPSA) is 115 Å². The molecule has 0 aliphatic heterocycles. The van der Waals surface area contributed by atoms with Crippen LogP contribution in [0.25, 0.3) is 0 Å². The van der Waals surface area contributed by atoms with Crippen molar-refractivity contribution < 1.29 is 34.2 Å². The summed E-state index contributed by atoms with van der Waals surface area (Å²) in [7, 11) is 0. The maximum absolute atomic E-state index is 11.8. The molecule has 0 aromatic rings. The summed E-state index contributed by atoms with van der Waals surface area (Å²) in [4.78, 5) is 35.3. The number of quaternary nitrogens is 1. The second kappa shape index (κ2) is 15.8. The molecule has 0 aromatic heterocycles. The van der Waals surface area contributed by atoms with Gasteiger partial charge in [-0.1, -0.05) is 46.3 Å². The molecule has 0 radical (unpaired) electrons. The van der Waals surface area contributed by atoms with Crippen LogP contribution in [-0.4, -0.2) is 58.8 Å². The van der Waals surface area contributed by atoms with E-state index in [9.17, 15) is 29.7 Å². The van der Waals surface area contributed by atoms with E-state index < -0.39 is 35.7 Å². The summed E-state index contributed by atoms with van der Waals surface area (Å²) in [6, 6.07) is 0. The summed E-state index contributed by atoms with van der Waals surface area (Å²) >= 11 is 0. The number of hydrogen-bond acceptors (Lipinski definition) is 4. The first-order valence-electron chi connectivity index (χ1n) is 11.8. The fourth-order valence-corrected chi connectivity index (χ4v) is 4.15. The Kier molecular flexibility index (Phi) is 14.9. The highest BCUT2D eigenvalue weighted by Crippen LogP contribution is 2.24. The van der Waals surface area contributed by atoms with E-state index in [1.165, 1.54) is 0 Å². The highest BCUT2D eigenvalue weighted by Gasteiger charge is 2.39. The van der Waals surface area contributed by atoms with Crippen molar-refractivity contribution in [1.29, 1.82) is 0 Å². The molecule has 0 aromatic carbocycles. The van der Waals surface area contributed by atoms with Crippen LogP contribution < -0.4 is 5.11 Å². The number of aliphatic carboxylic acids is 3. The molecule has 0 saturated carbocycles. The summed E-state index contributed by atoms with van der Waals surface area (Å²) in [5.74, 6) is -5.01. The lowest BCUT2D eigenvalue weighted by Gasteiger charge is -2.44. The Morgan fingerprint density at radius 3 is 1.61 bits per heavy atom. The zero-order chi connectivity index (χ0) is 23.9. The number of carbonyl (C=O) groups is 3. The highest BCUT2D eigenvalue weighted by atomic mass is 16.4. The first-order valence-corrected chi connectivity index (χ1v) is 11.8. The van der Waals surface area contributed by atoms with Gasteiger partial charge in [-0.3, -0.25) is 9.59 Å². The lowest BCUT2D eigenvalue weighted by atomic mass is 9.95. The van der Waals surface area contributed by atoms with Crippen molar-refractivity contribution in [2.45, 2.75) is 79.1 Å². The molecular weight excluding hydrogens is 398 g/mol. The van der Waals surface area contributed by atoms with Crippen molar-refractivity contribution in [2.24, 2.45) is 17.8 Å². The van der Waals surface area contributed by atoms with Gasteiger partial charge in [-0.15, -0.1) is 0 Å². The molecule has 0 rings (SSSR count). The first-order chi connectivity index (χ1) is 14.7. The minimum absolute atomic E-state index is 0.195. The van der Waals surface area contributed by atoms with Gasteiger partial charge in [0.15, 0.2) is 0 Å². The molecule has 0 spiro atoms. The van der Waals surface area contributed by atoms with Gasteiger partial charge in [0.05, 0.1) is 32.1 Å². The first kappa shape index (κ1) is 29.1. The van der Waals surface area contributed by atoms with Gasteiger partial charge in [-0.2, -0.15) is 0 Å². The van der Waals surface area contributed by atoms with Crippen molar-refractivity contribution in [2.75, 3.05) is 26.2 Å². The lowest BCUT2D eigenvalue weighted by Crippen LogP contribution is -2.59. The molecule has 7 heteroatoms. The van der Waals surface area contributed by atoms with Gasteiger partial charge in [0, 0.05) is 5.92 Å². The van der Waals surface area contributed by atoms with Crippen LogP contribution in [0, 0.1) is 17.8 Å². The van der Waals surface area contributed by atoms with Crippen LogP contribution in [0.2, 0.25) is 0 Å². The predicted molar refractivity (Wildman–Crippen MR) is 119 cm³/mol. The van der Waals surface area contributed by atoms with Crippen molar-refractivity contribution >= 4 is 17.9 Å². The van der Waals surface area contributed by atoms with Crippen LogP contribution in [-0.2, 0) is 14.4 Å². The van der Waals surface area contributed by atoms with Gasteiger partial charge in [-0.25, -0.2) is 0 Å². The predicted octanol–water partition coefficient (Wildman–Crippen LogP) is 3.33. The summed E-state index contributed by atoms with van der Waals surface area (Å²) in [5, 5.41) is 31.0. The third-order valence-electron chi connectivity index (χ3n) is 6.21. The molecule has 3 unspecified atom stereocenters. The number of hydrogen-bond donors (Lipinski definition) is 2. The van der Waals surface area contributed by atoms with Gasteiger partial charge >= 0.3 is 11.9 Å². The maximum Gasteiger partial charge on any atom is 0.312 e. The Morgan fingerprint density at radius 1 is 0.774 bits per heavy atom. The smallest absolute Gasteiger partial charge is 0.312 e. The van der Waals surface area contributed by atoms with Gasteiger partial charge in [0.1, 0.15) is 11.8 Å². The van der Waals surface area contributed by atoms with Crippen LogP contribution in [0.3, 0.4) is 0 Å². The Hall–Kier alpha value is -1.89. The zero-order valence-corrected chi connectivity index (χ0v) is 19.8. The van der Waals surface area contributed by atoms with E-state index in [0.29, 0.717) is 25.8 Å². The minimum atomic E-state index is -1.15. The molecule has 0 aliphatic carbocycles. The third kappa shape index (κ3) is 11.3. The number of rotatable bonds is 19. The summed E-state index contributed by atoms with van der Waals surface area (Å²) in [6.45, 7) is 8.76. The molecule has 0 bridgehead atoms. The number of nitrogens with zero attached hydrogens (tertiary/aromatic N) is 1. The molecule has 0 aliphatic rings. The molecule has 0 amide bonds. The average molecular weight is 442 g/mol. The molecule has 7 nitrogen and oxygen atoms in total. The normalized spacial score (nSPS) is 16.5. The zero-order valence-electron chi connectivity index (χ0n) is 19.8. The van der Waals surface area contributed by atoms with Gasteiger partial charge < -0.3 is 24.6 Å². The number of allylic oxidation sites excluding steroid dienone is 2. The number of unbranched alkanes of at least 4 members (excludes halogenated alkanes) is 3. The quantitative estimate of drug-likeness (QED) is 0.180. The fourth-order valence-electron chi connectivity index (χ4n) is 4.15. The molecular formula is C24H43NO6. The average Bonchev–Trinajstić information content (AvgIpc) is 2.72. The van der Waals surface area contributed by atoms with Crippen molar-refractivity contribution in [3.8, 4) is 0 Å². The maximum atomic E-state index is 11.8. The Bertz CT molecular complexity index is 515. The van der Waals surface area contributed by atoms with E-state index in [1.807, 2.05) is 0 Å². The number of carboxylic acid groups (broad SMARTS) is 3. The molecule has 31 heavy (non-hydrogen) atoms. The second-order valence-electron chi connectivity index (χ2n) is 8.68. The van der Waals surface area contributed by atoms with E-state index in [4.69, 9.17) is 0 Å². The SMILES string of the molecule is CCC/C=C/CCCC[N+](CC(CC)C(=O)[O-])(CC(CC)C(=O)O)CC(CC)C(=O)O. The molecule has 0 fully saturated rings. The standard InChI is InChI=1S/C24H43NO6/c1-5-9-10-11-12-13-14-15-25(16-19(6-2)22(26)27,17-20(7-3)23(28)29)18-21(8-4)24(30)31/h10-11,19-21H,5-9,12-18H2,1-4H3,(H2-,26,27,28,29,30,31)/b11-10+. The molecule has 0 saturated heterocycles. The largest absolute Gasteiger partial charge is 0.550 e. The van der Waals surface area contributed by atoms with E-state index in [1.54, 1.807) is 20.8 Å². The number of carboxylic acids is 3.